The molecule has 6 nitrogen and oxygen atoms in total. The van der Waals surface area contributed by atoms with Crippen molar-refractivity contribution in [1.29, 1.82) is 0 Å². The second-order valence-electron chi connectivity index (χ2n) is 6.49. The molecule has 0 aliphatic carbocycles. The Hall–Kier alpha value is -2.93. The van der Waals surface area contributed by atoms with Gasteiger partial charge in [0.1, 0.15) is 10.4 Å². The van der Waals surface area contributed by atoms with Gasteiger partial charge in [0.15, 0.2) is 0 Å². The van der Waals surface area contributed by atoms with E-state index in [0.717, 1.165) is 26.7 Å². The summed E-state index contributed by atoms with van der Waals surface area (Å²) >= 11 is 3.46. The van der Waals surface area contributed by atoms with Gasteiger partial charge in [-0.25, -0.2) is 9.78 Å². The Morgan fingerprint density at radius 2 is 1.79 bits per heavy atom. The molecule has 7 heteroatoms. The van der Waals surface area contributed by atoms with Crippen LogP contribution in [0.2, 0.25) is 0 Å². The first kappa shape index (κ1) is 18.4. The van der Waals surface area contributed by atoms with Crippen LogP contribution in [0, 0.1) is 0 Å². The number of nitrogens with zero attached hydrogens (tertiary/aromatic N) is 3. The Bertz CT molecular complexity index is 1050. The average molecular weight is 440 g/mol. The first-order valence-electron chi connectivity index (χ1n) is 8.86. The van der Waals surface area contributed by atoms with E-state index in [2.05, 4.69) is 20.9 Å². The molecule has 0 radical (unpaired) electrons. The molecule has 0 N–H and O–H groups in total. The Morgan fingerprint density at radius 3 is 2.50 bits per heavy atom. The Balaban J connectivity index is 1.66. The van der Waals surface area contributed by atoms with Gasteiger partial charge in [0.25, 0.3) is 0 Å². The van der Waals surface area contributed by atoms with Crippen molar-refractivity contribution in [2.75, 3.05) is 18.6 Å². The van der Waals surface area contributed by atoms with Crippen molar-refractivity contribution in [2.45, 2.75) is 13.0 Å². The number of pyridine rings is 1. The number of urea groups is 1. The van der Waals surface area contributed by atoms with Crippen LogP contribution in [-0.4, -0.2) is 35.5 Å². The lowest BCUT2D eigenvalue weighted by molar-refractivity contribution is -0.129. The van der Waals surface area contributed by atoms with Gasteiger partial charge >= 0.3 is 6.03 Å². The molecule has 142 valence electrons. The molecule has 1 fully saturated rings. The third-order valence-corrected chi connectivity index (χ3v) is 5.46. The fourth-order valence-electron chi connectivity index (χ4n) is 3.34. The number of halogens is 1. The largest absolute Gasteiger partial charge is 0.497 e. The number of aromatic nitrogens is 1. The summed E-state index contributed by atoms with van der Waals surface area (Å²) in [5.41, 5.74) is 1.57. The SMILES string of the molecule is COc1ccc(CN2C(=O)CCN(c3cnc(Br)c4ccccc34)C2=O)cc1. The van der Waals surface area contributed by atoms with E-state index in [0.29, 0.717) is 12.2 Å². The van der Waals surface area contributed by atoms with Crippen molar-refractivity contribution < 1.29 is 14.3 Å². The van der Waals surface area contributed by atoms with Gasteiger partial charge < -0.3 is 4.74 Å². The smallest absolute Gasteiger partial charge is 0.331 e. The number of anilines is 1. The molecule has 0 bridgehead atoms. The number of carbonyl (C=O) groups is 2. The van der Waals surface area contributed by atoms with Crippen molar-refractivity contribution >= 4 is 44.3 Å². The van der Waals surface area contributed by atoms with Crippen molar-refractivity contribution in [1.82, 2.24) is 9.88 Å². The van der Waals surface area contributed by atoms with Gasteiger partial charge in [-0.3, -0.25) is 14.6 Å². The second-order valence-corrected chi connectivity index (χ2v) is 7.24. The highest BCUT2D eigenvalue weighted by molar-refractivity contribution is 9.10. The summed E-state index contributed by atoms with van der Waals surface area (Å²) in [6.07, 6.45) is 1.94. The van der Waals surface area contributed by atoms with E-state index in [-0.39, 0.29) is 24.9 Å². The average Bonchev–Trinajstić information content (AvgIpc) is 2.73. The van der Waals surface area contributed by atoms with Gasteiger partial charge in [0.2, 0.25) is 5.91 Å². The van der Waals surface area contributed by atoms with E-state index in [1.54, 1.807) is 18.2 Å². The Morgan fingerprint density at radius 1 is 1.07 bits per heavy atom. The normalized spacial score (nSPS) is 14.6. The highest BCUT2D eigenvalue weighted by Gasteiger charge is 2.33. The van der Waals surface area contributed by atoms with Gasteiger partial charge in [-0.05, 0) is 33.6 Å². The van der Waals surface area contributed by atoms with Crippen LogP contribution >= 0.6 is 15.9 Å². The maximum absolute atomic E-state index is 13.2. The van der Waals surface area contributed by atoms with Crippen LogP contribution in [0.15, 0.2) is 59.3 Å². The lowest BCUT2D eigenvalue weighted by Gasteiger charge is -2.34. The second kappa shape index (κ2) is 7.59. The highest BCUT2D eigenvalue weighted by Crippen LogP contribution is 2.32. The summed E-state index contributed by atoms with van der Waals surface area (Å²) in [5, 5.41) is 1.84. The van der Waals surface area contributed by atoms with E-state index in [4.69, 9.17) is 4.74 Å². The van der Waals surface area contributed by atoms with E-state index < -0.39 is 0 Å². The van der Waals surface area contributed by atoms with Crippen molar-refractivity contribution in [2.24, 2.45) is 0 Å². The molecule has 3 aromatic rings. The molecule has 0 spiro atoms. The number of ether oxygens (including phenoxy) is 1. The molecule has 0 saturated carbocycles. The minimum absolute atomic E-state index is 0.175. The molecule has 0 atom stereocenters. The van der Waals surface area contributed by atoms with E-state index in [1.807, 2.05) is 48.5 Å². The van der Waals surface area contributed by atoms with Crippen LogP contribution in [0.25, 0.3) is 10.8 Å². The highest BCUT2D eigenvalue weighted by atomic mass is 79.9. The maximum atomic E-state index is 13.2. The van der Waals surface area contributed by atoms with Crippen molar-refractivity contribution in [3.63, 3.8) is 0 Å². The quantitative estimate of drug-likeness (QED) is 0.566. The fourth-order valence-corrected chi connectivity index (χ4v) is 3.79. The number of fused-ring (bicyclic) bond motifs is 1. The van der Waals surface area contributed by atoms with Crippen LogP contribution in [-0.2, 0) is 11.3 Å². The maximum Gasteiger partial charge on any atom is 0.331 e. The lowest BCUT2D eigenvalue weighted by atomic mass is 10.1. The van der Waals surface area contributed by atoms with Gasteiger partial charge in [-0.2, -0.15) is 0 Å². The van der Waals surface area contributed by atoms with Crippen LogP contribution in [0.1, 0.15) is 12.0 Å². The molecular weight excluding hydrogens is 422 g/mol. The Labute approximate surface area is 170 Å². The molecule has 1 aliphatic rings. The fraction of sp³-hybridized carbons (Fsp3) is 0.190. The number of carbonyl (C=O) groups excluding carboxylic acids is 2. The predicted octanol–water partition coefficient (Wildman–Crippen LogP) is 4.36. The summed E-state index contributed by atoms with van der Waals surface area (Å²) in [6.45, 7) is 0.560. The van der Waals surface area contributed by atoms with E-state index in [1.165, 1.54) is 4.90 Å². The number of hydrogen-bond donors (Lipinski definition) is 0. The van der Waals surface area contributed by atoms with Crippen LogP contribution in [0.5, 0.6) is 5.75 Å². The van der Waals surface area contributed by atoms with E-state index >= 15 is 0 Å². The molecular formula is C21H18BrN3O3. The van der Waals surface area contributed by atoms with Gasteiger partial charge in [-0.1, -0.05) is 36.4 Å². The molecule has 4 rings (SSSR count). The summed E-state index contributed by atoms with van der Waals surface area (Å²) in [6, 6.07) is 14.8. The standard InChI is InChI=1S/C21H18BrN3O3/c1-28-15-8-6-14(7-9-15)13-25-19(26)10-11-24(21(25)27)18-12-23-20(22)17-5-3-2-4-16(17)18/h2-9,12H,10-11,13H2,1H3. The first-order chi connectivity index (χ1) is 13.6. The molecule has 2 heterocycles. The zero-order valence-corrected chi connectivity index (χ0v) is 16.8. The summed E-state index contributed by atoms with van der Waals surface area (Å²) in [5.74, 6) is 0.556. The molecule has 3 amide bonds. The number of amides is 3. The number of hydrogen-bond acceptors (Lipinski definition) is 4. The summed E-state index contributed by atoms with van der Waals surface area (Å²) in [7, 11) is 1.60. The first-order valence-corrected chi connectivity index (χ1v) is 9.66. The van der Waals surface area contributed by atoms with E-state index in [9.17, 15) is 9.59 Å². The monoisotopic (exact) mass is 439 g/mol. The topological polar surface area (TPSA) is 62.7 Å². The molecule has 2 aromatic carbocycles. The third-order valence-electron chi connectivity index (χ3n) is 4.83. The molecule has 1 aliphatic heterocycles. The Kier molecular flexibility index (Phi) is 5.00. The minimum Gasteiger partial charge on any atom is -0.497 e. The number of rotatable bonds is 4. The summed E-state index contributed by atoms with van der Waals surface area (Å²) < 4.78 is 5.88. The minimum atomic E-state index is -0.332. The van der Waals surface area contributed by atoms with Crippen LogP contribution in [0.4, 0.5) is 10.5 Å². The number of methoxy groups -OCH3 is 1. The molecule has 1 saturated heterocycles. The third kappa shape index (κ3) is 3.33. The van der Waals surface area contributed by atoms with Gasteiger partial charge in [-0.15, -0.1) is 0 Å². The van der Waals surface area contributed by atoms with Crippen molar-refractivity contribution in [3.8, 4) is 5.75 Å². The predicted molar refractivity (Wildman–Crippen MR) is 110 cm³/mol. The number of imide groups is 1. The van der Waals surface area contributed by atoms with Crippen LogP contribution < -0.4 is 9.64 Å². The molecule has 1 aromatic heterocycles. The lowest BCUT2D eigenvalue weighted by Crippen LogP contribution is -2.52. The van der Waals surface area contributed by atoms with Crippen LogP contribution in [0.3, 0.4) is 0 Å². The van der Waals surface area contributed by atoms with Crippen molar-refractivity contribution in [3.05, 3.63) is 64.9 Å². The van der Waals surface area contributed by atoms with Gasteiger partial charge in [0.05, 0.1) is 25.5 Å². The zero-order chi connectivity index (χ0) is 19.7. The molecule has 28 heavy (non-hydrogen) atoms. The number of benzene rings is 2. The summed E-state index contributed by atoms with van der Waals surface area (Å²) in [4.78, 5) is 32.9. The molecule has 0 unspecified atom stereocenters. The van der Waals surface area contributed by atoms with Gasteiger partial charge in [0, 0.05) is 23.7 Å². The zero-order valence-electron chi connectivity index (χ0n) is 15.3.